The van der Waals surface area contributed by atoms with E-state index in [1.165, 1.54) is 32.1 Å². The summed E-state index contributed by atoms with van der Waals surface area (Å²) in [5.41, 5.74) is 0.0657. The second-order valence-electron chi connectivity index (χ2n) is 6.26. The van der Waals surface area contributed by atoms with Gasteiger partial charge in [0.2, 0.25) is 0 Å². The lowest BCUT2D eigenvalue weighted by atomic mass is 9.94. The lowest BCUT2D eigenvalue weighted by Crippen LogP contribution is -2.41. The van der Waals surface area contributed by atoms with Gasteiger partial charge in [0.1, 0.15) is 0 Å². The summed E-state index contributed by atoms with van der Waals surface area (Å²) in [5.74, 6) is 0. The van der Waals surface area contributed by atoms with E-state index in [-0.39, 0.29) is 0 Å². The lowest BCUT2D eigenvalue weighted by Gasteiger charge is -2.27. The zero-order chi connectivity index (χ0) is 10.9. The molecule has 0 aromatic carbocycles. The predicted molar refractivity (Wildman–Crippen MR) is 62.8 cm³/mol. The largest absolute Gasteiger partial charge is 0.389 e. The Morgan fingerprint density at radius 1 is 1.13 bits per heavy atom. The van der Waals surface area contributed by atoms with E-state index in [0.29, 0.717) is 11.5 Å². The van der Waals surface area contributed by atoms with E-state index in [1.54, 1.807) is 0 Å². The van der Waals surface area contributed by atoms with E-state index >= 15 is 0 Å². The van der Waals surface area contributed by atoms with Gasteiger partial charge in [0, 0.05) is 12.6 Å². The fraction of sp³-hybridized carbons (Fsp3) is 1.00. The number of rotatable bonds is 3. The molecular formula is C13H25NO. The molecule has 0 saturated heterocycles. The summed E-state index contributed by atoms with van der Waals surface area (Å²) in [6.45, 7) is 5.39. The van der Waals surface area contributed by atoms with Crippen molar-refractivity contribution in [1.82, 2.24) is 5.32 Å². The summed E-state index contributed by atoms with van der Waals surface area (Å²) in [6, 6.07) is 0.643. The predicted octanol–water partition coefficient (Wildman–Crippen LogP) is 2.46. The minimum absolute atomic E-state index is 0.408. The second-order valence-corrected chi connectivity index (χ2v) is 6.26. The molecule has 0 bridgehead atoms. The van der Waals surface area contributed by atoms with Crippen LogP contribution in [-0.2, 0) is 0 Å². The van der Waals surface area contributed by atoms with Crippen LogP contribution < -0.4 is 5.32 Å². The Labute approximate surface area is 93.5 Å². The van der Waals surface area contributed by atoms with Gasteiger partial charge >= 0.3 is 0 Å². The highest BCUT2D eigenvalue weighted by Crippen LogP contribution is 2.44. The SMILES string of the molecule is CC1(C)CC1NCC1(O)CCCCCC1. The van der Waals surface area contributed by atoms with Crippen LogP contribution in [0.5, 0.6) is 0 Å². The van der Waals surface area contributed by atoms with Gasteiger partial charge in [-0.3, -0.25) is 0 Å². The fourth-order valence-corrected chi connectivity index (χ4v) is 2.69. The zero-order valence-electron chi connectivity index (χ0n) is 10.2. The van der Waals surface area contributed by atoms with E-state index in [2.05, 4.69) is 19.2 Å². The van der Waals surface area contributed by atoms with Gasteiger partial charge in [-0.25, -0.2) is 0 Å². The standard InChI is InChI=1S/C13H25NO/c1-12(2)9-11(12)14-10-13(15)7-5-3-4-6-8-13/h11,14-15H,3-10H2,1-2H3. The molecule has 2 aliphatic carbocycles. The molecule has 2 rings (SSSR count). The summed E-state index contributed by atoms with van der Waals surface area (Å²) in [6.07, 6.45) is 8.26. The Balaban J connectivity index is 1.77. The molecule has 1 unspecified atom stereocenters. The third kappa shape index (κ3) is 2.94. The van der Waals surface area contributed by atoms with E-state index in [0.717, 1.165) is 19.4 Å². The maximum Gasteiger partial charge on any atom is 0.0771 e. The number of aliphatic hydroxyl groups is 1. The molecule has 0 radical (unpaired) electrons. The molecule has 0 aliphatic heterocycles. The van der Waals surface area contributed by atoms with Gasteiger partial charge in [-0.1, -0.05) is 39.5 Å². The zero-order valence-corrected chi connectivity index (χ0v) is 10.2. The summed E-state index contributed by atoms with van der Waals surface area (Å²) in [4.78, 5) is 0. The van der Waals surface area contributed by atoms with Crippen LogP contribution in [0.4, 0.5) is 0 Å². The minimum atomic E-state index is -0.408. The van der Waals surface area contributed by atoms with Crippen molar-refractivity contribution in [2.75, 3.05) is 6.54 Å². The van der Waals surface area contributed by atoms with E-state index in [9.17, 15) is 5.11 Å². The van der Waals surface area contributed by atoms with E-state index in [4.69, 9.17) is 0 Å². The van der Waals surface area contributed by atoms with Crippen molar-refractivity contribution in [3.05, 3.63) is 0 Å². The van der Waals surface area contributed by atoms with Crippen molar-refractivity contribution < 1.29 is 5.11 Å². The second kappa shape index (κ2) is 4.06. The Morgan fingerprint density at radius 2 is 1.67 bits per heavy atom. The van der Waals surface area contributed by atoms with Crippen molar-refractivity contribution in [1.29, 1.82) is 0 Å². The Bertz CT molecular complexity index is 217. The van der Waals surface area contributed by atoms with Crippen LogP contribution in [0.2, 0.25) is 0 Å². The molecule has 88 valence electrons. The molecule has 2 aliphatic rings. The molecule has 2 heteroatoms. The fourth-order valence-electron chi connectivity index (χ4n) is 2.69. The average molecular weight is 211 g/mol. The highest BCUT2D eigenvalue weighted by Gasteiger charge is 2.46. The van der Waals surface area contributed by atoms with Gasteiger partial charge in [0.05, 0.1) is 5.60 Å². The van der Waals surface area contributed by atoms with Crippen LogP contribution in [0.3, 0.4) is 0 Å². The van der Waals surface area contributed by atoms with Gasteiger partial charge in [-0.05, 0) is 24.7 Å². The van der Waals surface area contributed by atoms with Crippen LogP contribution in [-0.4, -0.2) is 23.3 Å². The summed E-state index contributed by atoms with van der Waals surface area (Å²) >= 11 is 0. The van der Waals surface area contributed by atoms with Crippen molar-refractivity contribution >= 4 is 0 Å². The first-order chi connectivity index (χ1) is 7.02. The lowest BCUT2D eigenvalue weighted by molar-refractivity contribution is 0.0243. The summed E-state index contributed by atoms with van der Waals surface area (Å²) in [7, 11) is 0. The van der Waals surface area contributed by atoms with Crippen LogP contribution in [0.15, 0.2) is 0 Å². The molecule has 2 nitrogen and oxygen atoms in total. The molecule has 2 saturated carbocycles. The van der Waals surface area contributed by atoms with Gasteiger partial charge in [0.25, 0.3) is 0 Å². The maximum absolute atomic E-state index is 10.4. The molecule has 0 heterocycles. The molecule has 0 aromatic heterocycles. The molecule has 1 atom stereocenters. The van der Waals surface area contributed by atoms with E-state index < -0.39 is 5.60 Å². The Hall–Kier alpha value is -0.0800. The highest BCUT2D eigenvalue weighted by atomic mass is 16.3. The smallest absolute Gasteiger partial charge is 0.0771 e. The quantitative estimate of drug-likeness (QED) is 0.703. The Morgan fingerprint density at radius 3 is 2.13 bits per heavy atom. The van der Waals surface area contributed by atoms with Crippen molar-refractivity contribution in [3.8, 4) is 0 Å². The molecule has 15 heavy (non-hydrogen) atoms. The topological polar surface area (TPSA) is 32.3 Å². The first-order valence-corrected chi connectivity index (χ1v) is 6.48. The first kappa shape index (κ1) is 11.4. The Kier molecular flexibility index (Phi) is 3.09. The maximum atomic E-state index is 10.4. The van der Waals surface area contributed by atoms with E-state index in [1.807, 2.05) is 0 Å². The van der Waals surface area contributed by atoms with Crippen LogP contribution in [0.25, 0.3) is 0 Å². The molecule has 0 aromatic rings. The normalized spacial score (nSPS) is 33.4. The van der Waals surface area contributed by atoms with Gasteiger partial charge in [-0.15, -0.1) is 0 Å². The average Bonchev–Trinajstić information content (AvgIpc) is 2.82. The van der Waals surface area contributed by atoms with Gasteiger partial charge < -0.3 is 10.4 Å². The van der Waals surface area contributed by atoms with Gasteiger partial charge in [0.15, 0.2) is 0 Å². The number of hydrogen-bond donors (Lipinski definition) is 2. The molecule has 0 spiro atoms. The summed E-state index contributed by atoms with van der Waals surface area (Å²) in [5, 5.41) is 14.0. The highest BCUT2D eigenvalue weighted by molar-refractivity contribution is 5.02. The van der Waals surface area contributed by atoms with Crippen molar-refractivity contribution in [3.63, 3.8) is 0 Å². The molecular weight excluding hydrogens is 186 g/mol. The third-order valence-corrected chi connectivity index (χ3v) is 4.23. The van der Waals surface area contributed by atoms with Crippen molar-refractivity contribution in [2.24, 2.45) is 5.41 Å². The monoisotopic (exact) mass is 211 g/mol. The summed E-state index contributed by atoms with van der Waals surface area (Å²) < 4.78 is 0. The van der Waals surface area contributed by atoms with Crippen LogP contribution >= 0.6 is 0 Å². The van der Waals surface area contributed by atoms with Crippen molar-refractivity contribution in [2.45, 2.75) is 70.4 Å². The first-order valence-electron chi connectivity index (χ1n) is 6.48. The number of nitrogens with one attached hydrogen (secondary N) is 1. The molecule has 0 amide bonds. The van der Waals surface area contributed by atoms with Crippen LogP contribution in [0, 0.1) is 5.41 Å². The van der Waals surface area contributed by atoms with Gasteiger partial charge in [-0.2, -0.15) is 0 Å². The molecule has 2 fully saturated rings. The number of hydrogen-bond acceptors (Lipinski definition) is 2. The van der Waals surface area contributed by atoms with Crippen LogP contribution in [0.1, 0.15) is 58.8 Å². The third-order valence-electron chi connectivity index (χ3n) is 4.23. The minimum Gasteiger partial charge on any atom is -0.389 e. The molecule has 2 N–H and O–H groups in total.